The van der Waals surface area contributed by atoms with Gasteiger partial charge in [-0.3, -0.25) is 14.4 Å². The van der Waals surface area contributed by atoms with Gasteiger partial charge in [0.2, 0.25) is 11.5 Å². The van der Waals surface area contributed by atoms with Crippen molar-refractivity contribution in [1.29, 1.82) is 0 Å². The maximum Gasteiger partial charge on any atom is 0.411 e. The summed E-state index contributed by atoms with van der Waals surface area (Å²) in [6.45, 7) is -1.65. The molecule has 0 bridgehead atoms. The minimum atomic E-state index is -4.71. The number of nitrogens with one attached hydrogen (secondary N) is 2. The van der Waals surface area contributed by atoms with Crippen LogP contribution in [0, 0.1) is 5.82 Å². The average Bonchev–Trinajstić information content (AvgIpc) is 3.58. The summed E-state index contributed by atoms with van der Waals surface area (Å²) in [6.07, 6.45) is -5.47. The monoisotopic (exact) mass is 548 g/mol. The largest absolute Gasteiger partial charge is 0.411 e. The van der Waals surface area contributed by atoms with Gasteiger partial charge in [-0.1, -0.05) is 18.2 Å². The summed E-state index contributed by atoms with van der Waals surface area (Å²) < 4.78 is 61.1. The number of rotatable bonds is 6. The Morgan fingerprint density at radius 1 is 1.10 bits per heavy atom. The van der Waals surface area contributed by atoms with Crippen molar-refractivity contribution in [3.8, 4) is 0 Å². The number of halogens is 4. The van der Waals surface area contributed by atoms with Crippen molar-refractivity contribution in [2.45, 2.75) is 43.1 Å². The summed E-state index contributed by atoms with van der Waals surface area (Å²) in [4.78, 5) is 53.1. The Kier molecular flexibility index (Phi) is 6.36. The Hall–Kier alpha value is -4.00. The lowest BCUT2D eigenvalue weighted by Crippen LogP contribution is -2.54. The van der Waals surface area contributed by atoms with E-state index in [2.05, 4.69) is 10.6 Å². The van der Waals surface area contributed by atoms with Crippen LogP contribution in [0.15, 0.2) is 42.5 Å². The Bertz CT molecular complexity index is 1360. The fourth-order valence-corrected chi connectivity index (χ4v) is 5.15. The van der Waals surface area contributed by atoms with E-state index in [0.29, 0.717) is 21.7 Å². The number of hydrogen-bond donors (Lipinski definition) is 2. The first kappa shape index (κ1) is 26.6. The number of benzene rings is 2. The number of amides is 4. The molecular weight excluding hydrogens is 524 g/mol. The first-order valence-corrected chi connectivity index (χ1v) is 12.1. The quantitative estimate of drug-likeness (QED) is 0.427. The lowest BCUT2D eigenvalue weighted by atomic mass is 9.94. The number of carbonyl (C=O) groups excluding carboxylic acids is 4. The highest BCUT2D eigenvalue weighted by Gasteiger charge is 2.68. The molecule has 9 nitrogen and oxygen atoms in total. The number of fused-ring (bicyclic) bond motifs is 2. The Morgan fingerprint density at radius 3 is 2.41 bits per heavy atom. The van der Waals surface area contributed by atoms with Gasteiger partial charge in [0.25, 0.3) is 5.91 Å². The number of ether oxygens (including phenoxy) is 1. The van der Waals surface area contributed by atoms with E-state index in [4.69, 9.17) is 4.74 Å². The summed E-state index contributed by atoms with van der Waals surface area (Å²) in [5.41, 5.74) is -3.02. The third kappa shape index (κ3) is 4.40. The van der Waals surface area contributed by atoms with Crippen LogP contribution in [0.4, 0.5) is 28.0 Å². The Morgan fingerprint density at radius 2 is 1.79 bits per heavy atom. The molecule has 4 amide bonds. The van der Waals surface area contributed by atoms with Crippen molar-refractivity contribution in [3.63, 3.8) is 0 Å². The van der Waals surface area contributed by atoms with Crippen molar-refractivity contribution in [3.05, 3.63) is 65.0 Å². The molecule has 0 unspecified atom stereocenters. The molecule has 1 saturated carbocycles. The maximum atomic E-state index is 14.0. The van der Waals surface area contributed by atoms with Crippen molar-refractivity contribution >= 4 is 29.3 Å². The van der Waals surface area contributed by atoms with Gasteiger partial charge in [0.1, 0.15) is 24.6 Å². The fraction of sp³-hybridized carbons (Fsp3) is 0.385. The van der Waals surface area contributed by atoms with E-state index in [-0.39, 0.29) is 24.8 Å². The van der Waals surface area contributed by atoms with E-state index in [1.54, 1.807) is 0 Å². The molecule has 13 heteroatoms. The molecule has 2 fully saturated rings. The smallest absolute Gasteiger partial charge is 0.341 e. The van der Waals surface area contributed by atoms with Crippen LogP contribution < -0.4 is 10.6 Å². The van der Waals surface area contributed by atoms with Crippen LogP contribution in [0.2, 0.25) is 0 Å². The standard InChI is InChI=1S/C26H24F4N4O5/c1-31-23(38)32-18-6-7-19-16(10-18)11-20(35)25(19)22(37)33(14-39-25)13-21(36)34(24(8-9-24)26(28,29)30)12-15-2-4-17(27)5-3-15/h2-7,10H,8-9,11-14H2,1H3,(H2,31,32,38)/t25-/m1/s1. The summed E-state index contributed by atoms with van der Waals surface area (Å²) >= 11 is 0. The first-order chi connectivity index (χ1) is 18.4. The van der Waals surface area contributed by atoms with Crippen LogP contribution in [0.3, 0.4) is 0 Å². The van der Waals surface area contributed by atoms with Gasteiger partial charge in [0.15, 0.2) is 5.78 Å². The van der Waals surface area contributed by atoms with Gasteiger partial charge in [-0.25, -0.2) is 9.18 Å². The van der Waals surface area contributed by atoms with Crippen molar-refractivity contribution in [2.75, 3.05) is 25.6 Å². The van der Waals surface area contributed by atoms with E-state index in [0.717, 1.165) is 17.0 Å². The van der Waals surface area contributed by atoms with Gasteiger partial charge in [0.05, 0.1) is 0 Å². The van der Waals surface area contributed by atoms with Gasteiger partial charge >= 0.3 is 12.2 Å². The van der Waals surface area contributed by atoms with Crippen LogP contribution in [-0.4, -0.2) is 65.5 Å². The van der Waals surface area contributed by atoms with Crippen LogP contribution in [0.5, 0.6) is 0 Å². The zero-order valence-electron chi connectivity index (χ0n) is 20.7. The predicted molar refractivity (Wildman–Crippen MR) is 128 cm³/mol. The molecule has 2 aromatic rings. The predicted octanol–water partition coefficient (Wildman–Crippen LogP) is 2.84. The summed E-state index contributed by atoms with van der Waals surface area (Å²) in [6, 6.07) is 8.78. The van der Waals surface area contributed by atoms with Crippen LogP contribution >= 0.6 is 0 Å². The second-order valence-corrected chi connectivity index (χ2v) is 9.77. The van der Waals surface area contributed by atoms with Crippen LogP contribution in [-0.2, 0) is 37.7 Å². The minimum Gasteiger partial charge on any atom is -0.341 e. The number of carbonyl (C=O) groups is 4. The van der Waals surface area contributed by atoms with Crippen molar-refractivity contribution in [2.24, 2.45) is 0 Å². The van der Waals surface area contributed by atoms with Crippen molar-refractivity contribution in [1.82, 2.24) is 15.1 Å². The lowest BCUT2D eigenvalue weighted by Gasteiger charge is -2.34. The van der Waals surface area contributed by atoms with Crippen LogP contribution in [0.25, 0.3) is 0 Å². The molecular formula is C26H24F4N4O5. The molecule has 2 N–H and O–H groups in total. The normalized spacial score (nSPS) is 21.2. The van der Waals surface area contributed by atoms with E-state index < -0.39 is 66.6 Å². The van der Waals surface area contributed by atoms with E-state index in [1.807, 2.05) is 0 Å². The highest BCUT2D eigenvalue weighted by Crippen LogP contribution is 2.54. The van der Waals surface area contributed by atoms with Crippen molar-refractivity contribution < 1.29 is 41.5 Å². The topological polar surface area (TPSA) is 108 Å². The molecule has 5 rings (SSSR count). The van der Waals surface area contributed by atoms with Gasteiger partial charge in [0, 0.05) is 31.3 Å². The van der Waals surface area contributed by atoms with E-state index in [9.17, 15) is 36.7 Å². The molecule has 1 heterocycles. The molecule has 1 atom stereocenters. The molecule has 3 aliphatic rings. The number of nitrogens with zero attached hydrogens (tertiary/aromatic N) is 2. The SMILES string of the molecule is CNC(=O)Nc1ccc2c(c1)CC(=O)[C@]21OCN(CC(=O)N(Cc2ccc(F)cc2)C2(C(F)(F)F)CC2)C1=O. The Labute approximate surface area is 220 Å². The molecule has 1 aliphatic heterocycles. The first-order valence-electron chi connectivity index (χ1n) is 12.1. The fourth-order valence-electron chi connectivity index (χ4n) is 5.15. The van der Waals surface area contributed by atoms with Crippen LogP contribution in [0.1, 0.15) is 29.5 Å². The zero-order valence-corrected chi connectivity index (χ0v) is 20.7. The number of Topliss-reactive ketones (excluding diaryl/α,β-unsaturated/α-hetero) is 1. The molecule has 1 saturated heterocycles. The average molecular weight is 548 g/mol. The number of alkyl halides is 3. The maximum absolute atomic E-state index is 14.0. The highest BCUT2D eigenvalue weighted by molar-refractivity contribution is 6.15. The molecule has 2 aliphatic carbocycles. The number of hydrogen-bond acceptors (Lipinski definition) is 5. The number of anilines is 1. The molecule has 0 radical (unpaired) electrons. The van der Waals surface area contributed by atoms with E-state index in [1.165, 1.54) is 37.4 Å². The van der Waals surface area contributed by atoms with Gasteiger partial charge in [-0.15, -0.1) is 0 Å². The lowest BCUT2D eigenvalue weighted by molar-refractivity contribution is -0.202. The summed E-state index contributed by atoms with van der Waals surface area (Å²) in [7, 11) is 1.43. The van der Waals surface area contributed by atoms with Gasteiger partial charge in [-0.2, -0.15) is 13.2 Å². The third-order valence-corrected chi connectivity index (χ3v) is 7.39. The molecule has 39 heavy (non-hydrogen) atoms. The molecule has 206 valence electrons. The zero-order chi connectivity index (χ0) is 28.2. The third-order valence-electron chi connectivity index (χ3n) is 7.39. The number of ketones is 1. The second-order valence-electron chi connectivity index (χ2n) is 9.77. The summed E-state index contributed by atoms with van der Waals surface area (Å²) in [5, 5.41) is 4.96. The van der Waals surface area contributed by atoms with Gasteiger partial charge in [-0.05, 0) is 48.2 Å². The Balaban J connectivity index is 1.38. The minimum absolute atomic E-state index is 0.167. The molecule has 1 spiro atoms. The van der Waals surface area contributed by atoms with E-state index >= 15 is 0 Å². The van der Waals surface area contributed by atoms with Gasteiger partial charge < -0.3 is 25.2 Å². The summed E-state index contributed by atoms with van der Waals surface area (Å²) in [5.74, 6) is -2.97. The second kappa shape index (κ2) is 9.33. The molecule has 2 aromatic carbocycles. The molecule has 0 aromatic heterocycles. The number of urea groups is 1. The highest BCUT2D eigenvalue weighted by atomic mass is 19.4.